The number of aliphatic hydroxyl groups is 1. The number of nitrogens with zero attached hydrogens (tertiary/aromatic N) is 1. The normalized spacial score (nSPS) is 20.9. The number of hydrogen-bond acceptors (Lipinski definition) is 2. The number of hydrogen-bond donors (Lipinski definition) is 1. The van der Waals surface area contributed by atoms with Crippen LogP contribution in [0.1, 0.15) is 44.8 Å². The topological polar surface area (TPSA) is 23.5 Å². The first-order valence-corrected chi connectivity index (χ1v) is 8.40. The van der Waals surface area contributed by atoms with E-state index in [4.69, 9.17) is 11.6 Å². The Bertz CT molecular complexity index is 454. The zero-order chi connectivity index (χ0) is 14.8. The average Bonchev–Trinajstić information content (AvgIpc) is 2.37. The maximum atomic E-state index is 10.3. The highest BCUT2D eigenvalue weighted by molar-refractivity contribution is 9.10. The molecule has 1 heterocycles. The molecule has 1 atom stereocenters. The fraction of sp³-hybridized carbons (Fsp3) is 0.625. The molecule has 2 nitrogen and oxygen atoms in total. The van der Waals surface area contributed by atoms with Crippen LogP contribution in [0.3, 0.4) is 0 Å². The van der Waals surface area contributed by atoms with Gasteiger partial charge in [0, 0.05) is 16.0 Å². The van der Waals surface area contributed by atoms with E-state index in [1.165, 1.54) is 12.8 Å². The summed E-state index contributed by atoms with van der Waals surface area (Å²) in [6.45, 7) is 7.87. The zero-order valence-electron chi connectivity index (χ0n) is 12.2. The van der Waals surface area contributed by atoms with Gasteiger partial charge in [0.25, 0.3) is 0 Å². The van der Waals surface area contributed by atoms with Crippen molar-refractivity contribution in [1.82, 2.24) is 4.90 Å². The third-order valence-corrected chi connectivity index (χ3v) is 5.07. The Hall–Kier alpha value is -0.0900. The molecule has 4 heteroatoms. The molecular formula is C16H23BrClNO. The van der Waals surface area contributed by atoms with Crippen LogP contribution < -0.4 is 0 Å². The summed E-state index contributed by atoms with van der Waals surface area (Å²) in [5.74, 6) is 0. The Kier molecular flexibility index (Phi) is 5.52. The van der Waals surface area contributed by atoms with Crippen molar-refractivity contribution in [2.24, 2.45) is 5.41 Å². The van der Waals surface area contributed by atoms with Crippen LogP contribution in [0.2, 0.25) is 5.02 Å². The summed E-state index contributed by atoms with van der Waals surface area (Å²) in [5, 5.41) is 10.9. The van der Waals surface area contributed by atoms with E-state index in [0.29, 0.717) is 10.4 Å². The summed E-state index contributed by atoms with van der Waals surface area (Å²) in [7, 11) is 0. The molecule has 1 saturated heterocycles. The molecule has 1 aliphatic heterocycles. The van der Waals surface area contributed by atoms with Gasteiger partial charge in [-0.2, -0.15) is 0 Å². The predicted molar refractivity (Wildman–Crippen MR) is 88.2 cm³/mol. The van der Waals surface area contributed by atoms with Crippen LogP contribution >= 0.6 is 27.5 Å². The monoisotopic (exact) mass is 359 g/mol. The van der Waals surface area contributed by atoms with Crippen LogP contribution in [0.5, 0.6) is 0 Å². The number of aliphatic hydroxyl groups excluding tert-OH is 1. The smallest absolute Gasteiger partial charge is 0.0816 e. The fourth-order valence-electron chi connectivity index (χ4n) is 2.61. The SMILES string of the molecule is CC1(C)CCN(CCC(O)c2ccc(Br)cc2Cl)CC1. The molecule has 0 amide bonds. The average molecular weight is 361 g/mol. The van der Waals surface area contributed by atoms with E-state index in [-0.39, 0.29) is 0 Å². The lowest BCUT2D eigenvalue weighted by Crippen LogP contribution is -2.38. The first-order valence-electron chi connectivity index (χ1n) is 7.23. The van der Waals surface area contributed by atoms with Crippen LogP contribution in [0, 0.1) is 5.41 Å². The van der Waals surface area contributed by atoms with Crippen molar-refractivity contribution in [2.45, 2.75) is 39.2 Å². The maximum absolute atomic E-state index is 10.3. The second-order valence-corrected chi connectivity index (χ2v) is 7.80. The molecule has 1 aromatic rings. The van der Waals surface area contributed by atoms with E-state index in [1.54, 1.807) is 0 Å². The van der Waals surface area contributed by atoms with Gasteiger partial charge in [-0.1, -0.05) is 47.4 Å². The van der Waals surface area contributed by atoms with Gasteiger partial charge in [0.15, 0.2) is 0 Å². The third kappa shape index (κ3) is 4.45. The standard InChI is InChI=1S/C16H23BrClNO/c1-16(2)6-9-19(10-7-16)8-5-15(20)13-4-3-12(17)11-14(13)18/h3-4,11,15,20H,5-10H2,1-2H3. The van der Waals surface area contributed by atoms with Crippen LogP contribution in [0.15, 0.2) is 22.7 Å². The molecule has 1 fully saturated rings. The minimum atomic E-state index is -0.481. The second kappa shape index (κ2) is 6.78. The Morgan fingerprint density at radius 2 is 2.00 bits per heavy atom. The van der Waals surface area contributed by atoms with Crippen molar-refractivity contribution in [1.29, 1.82) is 0 Å². The van der Waals surface area contributed by atoms with Crippen molar-refractivity contribution in [3.05, 3.63) is 33.3 Å². The first kappa shape index (κ1) is 16.3. The van der Waals surface area contributed by atoms with E-state index < -0.39 is 6.10 Å². The quantitative estimate of drug-likeness (QED) is 0.845. The zero-order valence-corrected chi connectivity index (χ0v) is 14.5. The van der Waals surface area contributed by atoms with Crippen molar-refractivity contribution in [3.63, 3.8) is 0 Å². The van der Waals surface area contributed by atoms with Crippen LogP contribution in [0.25, 0.3) is 0 Å². The molecular weight excluding hydrogens is 338 g/mol. The molecule has 0 bridgehead atoms. The van der Waals surface area contributed by atoms with Crippen LogP contribution in [0.4, 0.5) is 0 Å². The Balaban J connectivity index is 1.85. The number of halogens is 2. The molecule has 20 heavy (non-hydrogen) atoms. The predicted octanol–water partition coefficient (Wildman–Crippen LogP) is 4.65. The lowest BCUT2D eigenvalue weighted by Gasteiger charge is -2.37. The summed E-state index contributed by atoms with van der Waals surface area (Å²) in [4.78, 5) is 2.45. The highest BCUT2D eigenvalue weighted by Crippen LogP contribution is 2.31. The molecule has 0 radical (unpaired) electrons. The summed E-state index contributed by atoms with van der Waals surface area (Å²) in [6, 6.07) is 5.66. The molecule has 112 valence electrons. The minimum Gasteiger partial charge on any atom is -0.388 e. The molecule has 1 unspecified atom stereocenters. The molecule has 1 aromatic carbocycles. The Morgan fingerprint density at radius 3 is 2.60 bits per heavy atom. The lowest BCUT2D eigenvalue weighted by molar-refractivity contribution is 0.101. The van der Waals surface area contributed by atoms with Gasteiger partial charge in [-0.15, -0.1) is 0 Å². The fourth-order valence-corrected chi connectivity index (χ4v) is 3.41. The number of benzene rings is 1. The van der Waals surface area contributed by atoms with Crippen molar-refractivity contribution >= 4 is 27.5 Å². The molecule has 2 rings (SSSR count). The summed E-state index contributed by atoms with van der Waals surface area (Å²) in [6.07, 6.45) is 2.73. The van der Waals surface area contributed by atoms with Crippen molar-refractivity contribution in [2.75, 3.05) is 19.6 Å². The van der Waals surface area contributed by atoms with E-state index in [0.717, 1.165) is 36.1 Å². The maximum Gasteiger partial charge on any atom is 0.0816 e. The van der Waals surface area contributed by atoms with Gasteiger partial charge in [0.1, 0.15) is 0 Å². The largest absolute Gasteiger partial charge is 0.388 e. The molecule has 0 aromatic heterocycles. The first-order chi connectivity index (χ1) is 9.37. The van der Waals surface area contributed by atoms with Gasteiger partial charge in [-0.3, -0.25) is 0 Å². The second-order valence-electron chi connectivity index (χ2n) is 6.48. The summed E-state index contributed by atoms with van der Waals surface area (Å²) in [5.41, 5.74) is 1.30. The lowest BCUT2D eigenvalue weighted by atomic mass is 9.82. The number of piperidine rings is 1. The highest BCUT2D eigenvalue weighted by Gasteiger charge is 2.25. The van der Waals surface area contributed by atoms with Crippen LogP contribution in [-0.4, -0.2) is 29.6 Å². The molecule has 0 saturated carbocycles. The van der Waals surface area contributed by atoms with E-state index >= 15 is 0 Å². The van der Waals surface area contributed by atoms with E-state index in [1.807, 2.05) is 18.2 Å². The third-order valence-electron chi connectivity index (χ3n) is 4.25. The van der Waals surface area contributed by atoms with Gasteiger partial charge in [-0.25, -0.2) is 0 Å². The van der Waals surface area contributed by atoms with Gasteiger partial charge in [0.05, 0.1) is 6.10 Å². The minimum absolute atomic E-state index is 0.476. The van der Waals surface area contributed by atoms with Crippen molar-refractivity contribution in [3.8, 4) is 0 Å². The number of rotatable bonds is 4. The molecule has 0 spiro atoms. The number of likely N-dealkylation sites (tertiary alicyclic amines) is 1. The van der Waals surface area contributed by atoms with Crippen LogP contribution in [-0.2, 0) is 0 Å². The van der Waals surface area contributed by atoms with Gasteiger partial charge < -0.3 is 10.0 Å². The van der Waals surface area contributed by atoms with Gasteiger partial charge in [0.2, 0.25) is 0 Å². The van der Waals surface area contributed by atoms with Gasteiger partial charge in [-0.05, 0) is 55.5 Å². The van der Waals surface area contributed by atoms with E-state index in [2.05, 4.69) is 34.7 Å². The molecule has 0 aliphatic carbocycles. The Labute approximate surface area is 135 Å². The molecule has 1 N–H and O–H groups in total. The van der Waals surface area contributed by atoms with E-state index in [9.17, 15) is 5.11 Å². The highest BCUT2D eigenvalue weighted by atomic mass is 79.9. The summed E-state index contributed by atoms with van der Waals surface area (Å²) < 4.78 is 0.941. The van der Waals surface area contributed by atoms with Crippen molar-refractivity contribution < 1.29 is 5.11 Å². The summed E-state index contributed by atoms with van der Waals surface area (Å²) >= 11 is 9.56. The van der Waals surface area contributed by atoms with Gasteiger partial charge >= 0.3 is 0 Å². The Morgan fingerprint density at radius 1 is 1.35 bits per heavy atom. The molecule has 1 aliphatic rings.